The molecule has 0 radical (unpaired) electrons. The number of hydrogen-bond donors (Lipinski definition) is 2. The van der Waals surface area contributed by atoms with E-state index in [1.165, 1.54) is 15.9 Å². The second-order valence-corrected chi connectivity index (χ2v) is 6.66. The summed E-state index contributed by atoms with van der Waals surface area (Å²) in [5, 5.41) is 19.8. The van der Waals surface area contributed by atoms with Crippen LogP contribution in [-0.2, 0) is 11.3 Å². The van der Waals surface area contributed by atoms with Crippen molar-refractivity contribution in [1.82, 2.24) is 4.57 Å². The van der Waals surface area contributed by atoms with Crippen molar-refractivity contribution in [3.63, 3.8) is 0 Å². The molecule has 2 rings (SSSR count). The topological polar surface area (TPSA) is 74.8 Å². The number of thiazole rings is 1. The van der Waals surface area contributed by atoms with Crippen molar-refractivity contribution in [2.45, 2.75) is 13.5 Å². The second-order valence-electron chi connectivity index (χ2n) is 3.90. The average molecular weight is 316 g/mol. The maximum absolute atomic E-state index is 10.7. The first kappa shape index (κ1) is 14.3. The predicted octanol–water partition coefficient (Wildman–Crippen LogP) is 2.62. The zero-order valence-corrected chi connectivity index (χ0v) is 12.6. The summed E-state index contributed by atoms with van der Waals surface area (Å²) in [4.78, 5) is 15.6. The number of aromatic hydroxyl groups is 1. The summed E-state index contributed by atoms with van der Waals surface area (Å²) in [5.74, 6) is -0.149. The predicted molar refractivity (Wildman–Crippen MR) is 80.9 cm³/mol. The second kappa shape index (κ2) is 5.89. The van der Waals surface area contributed by atoms with E-state index in [1.807, 2.05) is 13.0 Å². The van der Waals surface area contributed by atoms with E-state index in [1.54, 1.807) is 11.8 Å². The molecule has 1 aromatic rings. The molecule has 0 saturated heterocycles. The van der Waals surface area contributed by atoms with Gasteiger partial charge in [0, 0.05) is 12.3 Å². The summed E-state index contributed by atoms with van der Waals surface area (Å²) in [6.07, 6.45) is 1.89. The smallest absolute Gasteiger partial charge is 0.323 e. The molecular formula is C11H12N2O3S3. The summed E-state index contributed by atoms with van der Waals surface area (Å²) >= 11 is 7.95. The standard InChI is InChI=1S/C11H12N2O3S3/c1-6(4-7-12-2-3-18-7)9-10(16)13(5-8(14)15)11(17)19-9/h4,16H,2-3,5H2,1H3,(H,14,15)/b6-4-. The van der Waals surface area contributed by atoms with E-state index < -0.39 is 5.97 Å². The van der Waals surface area contributed by atoms with Crippen molar-refractivity contribution in [3.8, 4) is 5.88 Å². The number of aromatic nitrogens is 1. The summed E-state index contributed by atoms with van der Waals surface area (Å²) in [6, 6.07) is 0. The number of aliphatic carboxylic acids is 1. The van der Waals surface area contributed by atoms with Crippen molar-refractivity contribution in [2.75, 3.05) is 12.3 Å². The van der Waals surface area contributed by atoms with Crippen LogP contribution in [-0.4, -0.2) is 38.1 Å². The maximum Gasteiger partial charge on any atom is 0.323 e. The van der Waals surface area contributed by atoms with E-state index >= 15 is 0 Å². The zero-order chi connectivity index (χ0) is 14.0. The molecule has 0 atom stereocenters. The molecular weight excluding hydrogens is 304 g/mol. The van der Waals surface area contributed by atoms with Gasteiger partial charge in [-0.3, -0.25) is 14.4 Å². The molecule has 0 amide bonds. The van der Waals surface area contributed by atoms with Crippen LogP contribution in [0, 0.1) is 3.95 Å². The van der Waals surface area contributed by atoms with Gasteiger partial charge < -0.3 is 10.2 Å². The fourth-order valence-corrected chi connectivity index (χ4v) is 3.71. The number of thioether (sulfide) groups is 1. The quantitative estimate of drug-likeness (QED) is 0.835. The molecule has 0 spiro atoms. The van der Waals surface area contributed by atoms with Crippen molar-refractivity contribution in [1.29, 1.82) is 0 Å². The first-order chi connectivity index (χ1) is 8.99. The molecule has 0 aromatic carbocycles. The fourth-order valence-electron chi connectivity index (χ4n) is 1.62. The molecule has 8 heteroatoms. The summed E-state index contributed by atoms with van der Waals surface area (Å²) in [5.41, 5.74) is 0.839. The van der Waals surface area contributed by atoms with E-state index in [9.17, 15) is 9.90 Å². The highest BCUT2D eigenvalue weighted by atomic mass is 32.2. The monoisotopic (exact) mass is 316 g/mol. The molecule has 5 nitrogen and oxygen atoms in total. The van der Waals surface area contributed by atoms with Gasteiger partial charge in [-0.15, -0.1) is 23.1 Å². The normalized spacial score (nSPS) is 15.6. The van der Waals surface area contributed by atoms with Gasteiger partial charge in [0.1, 0.15) is 6.54 Å². The van der Waals surface area contributed by atoms with Crippen LogP contribution in [0.15, 0.2) is 11.1 Å². The van der Waals surface area contributed by atoms with Crippen molar-refractivity contribution in [3.05, 3.63) is 14.9 Å². The number of hydrogen-bond acceptors (Lipinski definition) is 6. The molecule has 1 aliphatic heterocycles. The molecule has 0 unspecified atom stereocenters. The van der Waals surface area contributed by atoms with E-state index in [4.69, 9.17) is 17.3 Å². The minimum absolute atomic E-state index is 0.0882. The number of carboxylic acids is 1. The molecule has 102 valence electrons. The third kappa shape index (κ3) is 3.26. The van der Waals surface area contributed by atoms with E-state index in [2.05, 4.69) is 4.99 Å². The Morgan fingerprint density at radius 2 is 2.37 bits per heavy atom. The summed E-state index contributed by atoms with van der Waals surface area (Å²) < 4.78 is 1.57. The van der Waals surface area contributed by atoms with Gasteiger partial charge in [-0.2, -0.15) is 0 Å². The van der Waals surface area contributed by atoms with Crippen LogP contribution in [0.4, 0.5) is 0 Å². The highest BCUT2D eigenvalue weighted by Gasteiger charge is 2.16. The lowest BCUT2D eigenvalue weighted by atomic mass is 10.2. The number of rotatable bonds is 4. The summed E-state index contributed by atoms with van der Waals surface area (Å²) in [6.45, 7) is 2.34. The number of nitrogens with zero attached hydrogens (tertiary/aromatic N) is 2. The molecule has 0 bridgehead atoms. The van der Waals surface area contributed by atoms with Crippen LogP contribution in [0.25, 0.3) is 5.57 Å². The van der Waals surface area contributed by atoms with Gasteiger partial charge in [-0.1, -0.05) is 0 Å². The van der Waals surface area contributed by atoms with Crippen LogP contribution < -0.4 is 0 Å². The highest BCUT2D eigenvalue weighted by Crippen LogP contribution is 2.33. The Labute approximate surface area is 123 Å². The van der Waals surface area contributed by atoms with E-state index in [-0.39, 0.29) is 12.4 Å². The first-order valence-electron chi connectivity index (χ1n) is 5.49. The van der Waals surface area contributed by atoms with Gasteiger partial charge >= 0.3 is 5.97 Å². The van der Waals surface area contributed by atoms with Gasteiger partial charge in [0.15, 0.2) is 3.95 Å². The Balaban J connectivity index is 2.35. The molecule has 2 heterocycles. The summed E-state index contributed by atoms with van der Waals surface area (Å²) in [7, 11) is 0. The molecule has 1 aliphatic rings. The van der Waals surface area contributed by atoms with Crippen LogP contribution in [0.1, 0.15) is 11.8 Å². The van der Waals surface area contributed by atoms with Crippen LogP contribution in [0.2, 0.25) is 0 Å². The molecule has 19 heavy (non-hydrogen) atoms. The Morgan fingerprint density at radius 1 is 1.63 bits per heavy atom. The Bertz CT molecular complexity index is 628. The number of carboxylic acid groups (broad SMARTS) is 1. The van der Waals surface area contributed by atoms with Crippen LogP contribution in [0.5, 0.6) is 5.88 Å². The zero-order valence-electron chi connectivity index (χ0n) is 10.1. The molecule has 1 aromatic heterocycles. The average Bonchev–Trinajstić information content (AvgIpc) is 2.92. The number of carbonyl (C=O) groups is 1. The third-order valence-electron chi connectivity index (χ3n) is 2.47. The Kier molecular flexibility index (Phi) is 4.43. The number of aliphatic imine (C=N–C) groups is 1. The highest BCUT2D eigenvalue weighted by molar-refractivity contribution is 8.14. The molecule has 0 saturated carbocycles. The van der Waals surface area contributed by atoms with E-state index in [0.717, 1.165) is 22.9 Å². The lowest BCUT2D eigenvalue weighted by Gasteiger charge is -2.02. The van der Waals surface area contributed by atoms with Gasteiger partial charge in [-0.05, 0) is 30.8 Å². The minimum Gasteiger partial charge on any atom is -0.493 e. The molecule has 0 fully saturated rings. The third-order valence-corrected chi connectivity index (χ3v) is 4.97. The Hall–Kier alpha value is -1.12. The van der Waals surface area contributed by atoms with Crippen LogP contribution in [0.3, 0.4) is 0 Å². The Morgan fingerprint density at radius 3 is 2.95 bits per heavy atom. The lowest BCUT2D eigenvalue weighted by Crippen LogP contribution is -2.08. The molecule has 0 aliphatic carbocycles. The van der Waals surface area contributed by atoms with Gasteiger partial charge in [0.2, 0.25) is 5.88 Å². The number of allylic oxidation sites excluding steroid dienone is 1. The first-order valence-corrected chi connectivity index (χ1v) is 7.70. The molecule has 2 N–H and O–H groups in total. The van der Waals surface area contributed by atoms with E-state index in [0.29, 0.717) is 8.83 Å². The van der Waals surface area contributed by atoms with Crippen LogP contribution >= 0.6 is 35.3 Å². The lowest BCUT2D eigenvalue weighted by molar-refractivity contribution is -0.137. The van der Waals surface area contributed by atoms with Gasteiger partial charge in [-0.25, -0.2) is 0 Å². The maximum atomic E-state index is 10.7. The van der Waals surface area contributed by atoms with Crippen molar-refractivity contribution < 1.29 is 15.0 Å². The fraction of sp³-hybridized carbons (Fsp3) is 0.364. The minimum atomic E-state index is -1.03. The SMILES string of the molecule is C/C(=C/C1=NCCS1)c1sc(=S)n(CC(=O)O)c1O. The largest absolute Gasteiger partial charge is 0.493 e. The van der Waals surface area contributed by atoms with Gasteiger partial charge in [0.25, 0.3) is 0 Å². The van der Waals surface area contributed by atoms with Gasteiger partial charge in [0.05, 0.1) is 9.92 Å². The van der Waals surface area contributed by atoms with Crippen molar-refractivity contribution in [2.24, 2.45) is 4.99 Å². The van der Waals surface area contributed by atoms with Crippen molar-refractivity contribution >= 4 is 51.9 Å².